The Morgan fingerprint density at radius 1 is 1.00 bits per heavy atom. The molecule has 7 heteroatoms. The van der Waals surface area contributed by atoms with Crippen LogP contribution in [0.15, 0.2) is 65.5 Å². The van der Waals surface area contributed by atoms with Crippen LogP contribution in [0.1, 0.15) is 35.3 Å². The second-order valence-electron chi connectivity index (χ2n) is 8.18. The number of nitrogens with zero attached hydrogens (tertiary/aromatic N) is 3. The monoisotopic (exact) mass is 446 g/mol. The first-order valence-electron chi connectivity index (χ1n) is 11.4. The largest absolute Gasteiger partial charge is 0.466 e. The first kappa shape index (κ1) is 22.7. The van der Waals surface area contributed by atoms with E-state index in [1.807, 2.05) is 12.1 Å². The number of aryl methyl sites for hydroxylation is 1. The topological polar surface area (TPSA) is 78.5 Å². The zero-order valence-corrected chi connectivity index (χ0v) is 19.2. The lowest BCUT2D eigenvalue weighted by molar-refractivity contribution is -0.142. The second-order valence-corrected chi connectivity index (χ2v) is 8.18. The van der Waals surface area contributed by atoms with Crippen molar-refractivity contribution in [2.45, 2.75) is 26.3 Å². The quantitative estimate of drug-likeness (QED) is 0.562. The highest BCUT2D eigenvalue weighted by Crippen LogP contribution is 2.29. The molecule has 172 valence electrons. The summed E-state index contributed by atoms with van der Waals surface area (Å²) in [5.41, 5.74) is 3.19. The summed E-state index contributed by atoms with van der Waals surface area (Å²) in [6.07, 6.45) is -0.0636. The SMILES string of the molecule is CCOC(=O)Cc1c(C)nc(N2CCN(C(c3ccccc3)c3ccccc3)CC2)[nH]c1=O. The summed E-state index contributed by atoms with van der Waals surface area (Å²) in [5.74, 6) is 0.142. The van der Waals surface area contributed by atoms with Crippen molar-refractivity contribution in [3.8, 4) is 0 Å². The molecule has 1 saturated heterocycles. The van der Waals surface area contributed by atoms with Gasteiger partial charge in [0.2, 0.25) is 5.95 Å². The molecule has 4 rings (SSSR count). The molecule has 1 aliphatic heterocycles. The van der Waals surface area contributed by atoms with E-state index >= 15 is 0 Å². The van der Waals surface area contributed by atoms with Gasteiger partial charge in [0.1, 0.15) is 0 Å². The molecule has 2 aromatic carbocycles. The summed E-state index contributed by atoms with van der Waals surface area (Å²) in [6, 6.07) is 21.3. The highest BCUT2D eigenvalue weighted by atomic mass is 16.5. The third kappa shape index (κ3) is 5.31. The normalized spacial score (nSPS) is 14.5. The van der Waals surface area contributed by atoms with Crippen molar-refractivity contribution in [1.82, 2.24) is 14.9 Å². The Kier molecular flexibility index (Phi) is 7.19. The minimum absolute atomic E-state index is 0.0636. The number of carbonyl (C=O) groups is 1. The van der Waals surface area contributed by atoms with Crippen molar-refractivity contribution in [1.29, 1.82) is 0 Å². The van der Waals surface area contributed by atoms with E-state index in [1.165, 1.54) is 11.1 Å². The van der Waals surface area contributed by atoms with Gasteiger partial charge in [-0.25, -0.2) is 4.98 Å². The van der Waals surface area contributed by atoms with Crippen LogP contribution in [0, 0.1) is 6.92 Å². The van der Waals surface area contributed by atoms with Gasteiger partial charge in [0.05, 0.1) is 24.8 Å². The van der Waals surface area contributed by atoms with Crippen LogP contribution < -0.4 is 10.5 Å². The summed E-state index contributed by atoms with van der Waals surface area (Å²) in [7, 11) is 0. The van der Waals surface area contributed by atoms with E-state index in [0.717, 1.165) is 26.2 Å². The average molecular weight is 447 g/mol. The molecular formula is C26H30N4O3. The fourth-order valence-electron chi connectivity index (χ4n) is 4.39. The molecule has 0 spiro atoms. The van der Waals surface area contributed by atoms with Gasteiger partial charge in [-0.3, -0.25) is 19.5 Å². The summed E-state index contributed by atoms with van der Waals surface area (Å²) >= 11 is 0. The van der Waals surface area contributed by atoms with E-state index in [0.29, 0.717) is 23.8 Å². The molecular weight excluding hydrogens is 416 g/mol. The Labute approximate surface area is 194 Å². The van der Waals surface area contributed by atoms with Gasteiger partial charge < -0.3 is 9.64 Å². The Morgan fingerprint density at radius 2 is 1.58 bits per heavy atom. The van der Waals surface area contributed by atoms with Crippen LogP contribution in [0.25, 0.3) is 0 Å². The van der Waals surface area contributed by atoms with Crippen molar-refractivity contribution in [3.63, 3.8) is 0 Å². The average Bonchev–Trinajstić information content (AvgIpc) is 2.83. The number of hydrogen-bond acceptors (Lipinski definition) is 6. The molecule has 1 aliphatic rings. The Morgan fingerprint density at radius 3 is 2.09 bits per heavy atom. The van der Waals surface area contributed by atoms with Crippen LogP contribution in [0.5, 0.6) is 0 Å². The van der Waals surface area contributed by atoms with Crippen LogP contribution >= 0.6 is 0 Å². The van der Waals surface area contributed by atoms with Gasteiger partial charge in [0.15, 0.2) is 0 Å². The first-order valence-corrected chi connectivity index (χ1v) is 11.4. The molecule has 0 amide bonds. The standard InChI is InChI=1S/C26H30N4O3/c1-3-33-23(31)18-22-19(2)27-26(28-25(22)32)30-16-14-29(15-17-30)24(20-10-6-4-7-11-20)21-12-8-5-9-13-21/h4-13,24H,3,14-18H2,1-2H3,(H,27,28,32). The number of carbonyl (C=O) groups excluding carboxylic acids is 1. The summed E-state index contributed by atoms with van der Waals surface area (Å²) in [5, 5.41) is 0. The number of hydrogen-bond donors (Lipinski definition) is 1. The van der Waals surface area contributed by atoms with Crippen LogP contribution in [-0.2, 0) is 16.0 Å². The van der Waals surface area contributed by atoms with Crippen LogP contribution in [0.2, 0.25) is 0 Å². The zero-order chi connectivity index (χ0) is 23.2. The molecule has 0 unspecified atom stereocenters. The van der Waals surface area contributed by atoms with Gasteiger partial charge in [-0.15, -0.1) is 0 Å². The molecule has 7 nitrogen and oxygen atoms in total. The van der Waals surface area contributed by atoms with E-state index < -0.39 is 5.97 Å². The van der Waals surface area contributed by atoms with E-state index in [4.69, 9.17) is 4.74 Å². The van der Waals surface area contributed by atoms with Crippen LogP contribution in [0.4, 0.5) is 5.95 Å². The summed E-state index contributed by atoms with van der Waals surface area (Å²) < 4.78 is 4.97. The summed E-state index contributed by atoms with van der Waals surface area (Å²) in [4.78, 5) is 36.5. The number of nitrogens with one attached hydrogen (secondary N) is 1. The third-order valence-corrected chi connectivity index (χ3v) is 6.05. The lowest BCUT2D eigenvalue weighted by Gasteiger charge is -2.40. The van der Waals surface area contributed by atoms with Crippen LogP contribution in [-0.4, -0.2) is 53.6 Å². The Bertz CT molecular complexity index is 1080. The van der Waals surface area contributed by atoms with E-state index in [1.54, 1.807) is 13.8 Å². The molecule has 0 radical (unpaired) electrons. The van der Waals surface area contributed by atoms with Crippen molar-refractivity contribution < 1.29 is 9.53 Å². The number of aromatic nitrogens is 2. The molecule has 1 N–H and O–H groups in total. The van der Waals surface area contributed by atoms with Gasteiger partial charge in [0, 0.05) is 31.7 Å². The third-order valence-electron chi connectivity index (χ3n) is 6.05. The molecule has 2 heterocycles. The maximum absolute atomic E-state index is 12.6. The van der Waals surface area contributed by atoms with Crippen molar-refractivity contribution >= 4 is 11.9 Å². The lowest BCUT2D eigenvalue weighted by atomic mass is 9.96. The van der Waals surface area contributed by atoms with Gasteiger partial charge in [-0.2, -0.15) is 0 Å². The van der Waals surface area contributed by atoms with Crippen molar-refractivity contribution in [2.24, 2.45) is 0 Å². The first-order chi connectivity index (χ1) is 16.1. The lowest BCUT2D eigenvalue weighted by Crippen LogP contribution is -2.49. The Hall–Kier alpha value is -3.45. The van der Waals surface area contributed by atoms with Gasteiger partial charge in [0.25, 0.3) is 5.56 Å². The molecule has 0 saturated carbocycles. The molecule has 0 atom stereocenters. The van der Waals surface area contributed by atoms with E-state index in [9.17, 15) is 9.59 Å². The fourth-order valence-corrected chi connectivity index (χ4v) is 4.39. The fraction of sp³-hybridized carbons (Fsp3) is 0.346. The number of esters is 1. The molecule has 1 fully saturated rings. The van der Waals surface area contributed by atoms with E-state index in [-0.39, 0.29) is 18.0 Å². The summed E-state index contributed by atoms with van der Waals surface area (Å²) in [6.45, 7) is 6.97. The molecule has 0 bridgehead atoms. The molecule has 0 aliphatic carbocycles. The highest BCUT2D eigenvalue weighted by Gasteiger charge is 2.27. The minimum Gasteiger partial charge on any atom is -0.466 e. The predicted octanol–water partition coefficient (Wildman–Crippen LogP) is 3.10. The Balaban J connectivity index is 1.50. The van der Waals surface area contributed by atoms with Gasteiger partial charge >= 0.3 is 5.97 Å². The van der Waals surface area contributed by atoms with Gasteiger partial charge in [-0.1, -0.05) is 60.7 Å². The number of piperazine rings is 1. The number of benzene rings is 2. The maximum atomic E-state index is 12.6. The van der Waals surface area contributed by atoms with Crippen molar-refractivity contribution in [3.05, 3.63) is 93.4 Å². The smallest absolute Gasteiger partial charge is 0.310 e. The molecule has 33 heavy (non-hydrogen) atoms. The maximum Gasteiger partial charge on any atom is 0.310 e. The number of ether oxygens (including phenoxy) is 1. The van der Waals surface area contributed by atoms with Crippen molar-refractivity contribution in [2.75, 3.05) is 37.7 Å². The minimum atomic E-state index is -0.415. The predicted molar refractivity (Wildman–Crippen MR) is 128 cm³/mol. The second kappa shape index (κ2) is 10.4. The zero-order valence-electron chi connectivity index (χ0n) is 19.2. The molecule has 3 aromatic rings. The molecule has 1 aromatic heterocycles. The van der Waals surface area contributed by atoms with Gasteiger partial charge in [-0.05, 0) is 25.0 Å². The highest BCUT2D eigenvalue weighted by molar-refractivity contribution is 5.72. The van der Waals surface area contributed by atoms with E-state index in [2.05, 4.69) is 68.3 Å². The van der Waals surface area contributed by atoms with Crippen LogP contribution in [0.3, 0.4) is 0 Å². The number of anilines is 1. The number of aromatic amines is 1. The number of H-pyrrole nitrogens is 1. The number of rotatable bonds is 7.